The lowest BCUT2D eigenvalue weighted by Gasteiger charge is -2.06. The molecule has 1 aromatic rings. The Hall–Kier alpha value is -2.24. The largest absolute Gasteiger partial charge is 0.389 e. The van der Waals surface area contributed by atoms with E-state index >= 15 is 0 Å². The molecule has 90 valence electrons. The van der Waals surface area contributed by atoms with Crippen molar-refractivity contribution in [1.29, 1.82) is 0 Å². The van der Waals surface area contributed by atoms with Crippen LogP contribution in [0.2, 0.25) is 0 Å². The van der Waals surface area contributed by atoms with E-state index in [4.69, 9.17) is 0 Å². The first-order valence-corrected chi connectivity index (χ1v) is 4.96. The number of carbonyl (C=O) groups excluding carboxylic acids is 2. The van der Waals surface area contributed by atoms with Crippen LogP contribution in [-0.2, 0) is 16.0 Å². The molecule has 0 saturated carbocycles. The quantitative estimate of drug-likeness (QED) is 0.346. The smallest absolute Gasteiger partial charge is 0.353 e. The van der Waals surface area contributed by atoms with Crippen molar-refractivity contribution in [2.75, 3.05) is 0 Å². The Morgan fingerprint density at radius 3 is 2.53 bits per heavy atom. The summed E-state index contributed by atoms with van der Waals surface area (Å²) in [4.78, 5) is 32.4. The van der Waals surface area contributed by atoms with Gasteiger partial charge in [0.05, 0.1) is 4.92 Å². The molecule has 0 aromatic heterocycles. The molecule has 0 unspecified atom stereocenters. The van der Waals surface area contributed by atoms with E-state index < -0.39 is 16.9 Å². The zero-order valence-electron chi connectivity index (χ0n) is 9.43. The Bertz CT molecular complexity index is 481. The number of aryl methyl sites for hydroxylation is 1. The van der Waals surface area contributed by atoms with Crippen molar-refractivity contribution >= 4 is 17.6 Å². The third kappa shape index (κ3) is 2.87. The zero-order chi connectivity index (χ0) is 13.0. The summed E-state index contributed by atoms with van der Waals surface area (Å²) in [5, 5.41) is 10.8. The van der Waals surface area contributed by atoms with E-state index in [1.165, 1.54) is 12.1 Å². The minimum absolute atomic E-state index is 0.157. The second kappa shape index (κ2) is 5.20. The maximum Gasteiger partial charge on any atom is 0.353 e. The van der Waals surface area contributed by atoms with Crippen LogP contribution in [0.25, 0.3) is 0 Å². The SMILES string of the molecule is CCc1cccc([N+](=O)[O-])c1C(=O)OC(C)=O. The number of esters is 2. The molecule has 0 radical (unpaired) electrons. The van der Waals surface area contributed by atoms with Crippen molar-refractivity contribution < 1.29 is 19.2 Å². The Morgan fingerprint density at radius 1 is 1.41 bits per heavy atom. The fourth-order valence-electron chi connectivity index (χ4n) is 1.45. The molecule has 0 fully saturated rings. The van der Waals surface area contributed by atoms with Crippen molar-refractivity contribution in [3.05, 3.63) is 39.4 Å². The Labute approximate surface area is 97.3 Å². The van der Waals surface area contributed by atoms with Gasteiger partial charge >= 0.3 is 11.9 Å². The fourth-order valence-corrected chi connectivity index (χ4v) is 1.45. The number of carbonyl (C=O) groups is 2. The van der Waals surface area contributed by atoms with Crippen LogP contribution >= 0.6 is 0 Å². The van der Waals surface area contributed by atoms with Gasteiger partial charge in [-0.2, -0.15) is 0 Å². The Balaban J connectivity index is 3.31. The fraction of sp³-hybridized carbons (Fsp3) is 0.273. The second-order valence-electron chi connectivity index (χ2n) is 3.30. The minimum atomic E-state index is -0.985. The molecule has 1 rings (SSSR count). The lowest BCUT2D eigenvalue weighted by Crippen LogP contribution is -2.13. The van der Waals surface area contributed by atoms with Gasteiger partial charge in [0.1, 0.15) is 5.56 Å². The summed E-state index contributed by atoms with van der Waals surface area (Å²) in [7, 11) is 0. The highest BCUT2D eigenvalue weighted by atomic mass is 16.6. The second-order valence-corrected chi connectivity index (χ2v) is 3.30. The van der Waals surface area contributed by atoms with E-state index in [9.17, 15) is 19.7 Å². The van der Waals surface area contributed by atoms with Gasteiger partial charge in [-0.25, -0.2) is 4.79 Å². The maximum absolute atomic E-state index is 11.6. The predicted octanol–water partition coefficient (Wildman–Crippen LogP) is 1.86. The Morgan fingerprint density at radius 2 is 2.06 bits per heavy atom. The molecule has 0 aliphatic carbocycles. The third-order valence-electron chi connectivity index (χ3n) is 2.15. The lowest BCUT2D eigenvalue weighted by atomic mass is 10.0. The van der Waals surface area contributed by atoms with Crippen molar-refractivity contribution in [3.63, 3.8) is 0 Å². The highest BCUT2D eigenvalue weighted by molar-refractivity contribution is 6.00. The van der Waals surface area contributed by atoms with Crippen LogP contribution in [0.15, 0.2) is 18.2 Å². The summed E-state index contributed by atoms with van der Waals surface area (Å²) in [6, 6.07) is 4.28. The number of hydrogen-bond donors (Lipinski definition) is 0. The number of nitrogens with zero attached hydrogens (tertiary/aromatic N) is 1. The zero-order valence-corrected chi connectivity index (χ0v) is 9.43. The van der Waals surface area contributed by atoms with Crippen LogP contribution in [0, 0.1) is 10.1 Å². The van der Waals surface area contributed by atoms with Gasteiger partial charge in [0.25, 0.3) is 5.69 Å². The molecule has 6 nitrogen and oxygen atoms in total. The number of benzene rings is 1. The molecule has 0 atom stereocenters. The van der Waals surface area contributed by atoms with E-state index in [-0.39, 0.29) is 11.3 Å². The third-order valence-corrected chi connectivity index (χ3v) is 2.15. The summed E-state index contributed by atoms with van der Waals surface area (Å²) >= 11 is 0. The standard InChI is InChI=1S/C11H11NO5/c1-3-8-5-4-6-9(12(15)16)10(8)11(14)17-7(2)13/h4-6H,3H2,1-2H3. The maximum atomic E-state index is 11.6. The number of hydrogen-bond acceptors (Lipinski definition) is 5. The van der Waals surface area contributed by atoms with E-state index in [1.807, 2.05) is 0 Å². The summed E-state index contributed by atoms with van der Waals surface area (Å²) in [5.41, 5.74) is -0.0312. The van der Waals surface area contributed by atoms with Gasteiger partial charge in [-0.1, -0.05) is 19.1 Å². The van der Waals surface area contributed by atoms with Gasteiger partial charge in [-0.3, -0.25) is 14.9 Å². The Kier molecular flexibility index (Phi) is 3.92. The average molecular weight is 237 g/mol. The van der Waals surface area contributed by atoms with Gasteiger partial charge in [-0.15, -0.1) is 0 Å². The first kappa shape index (κ1) is 12.8. The van der Waals surface area contributed by atoms with Crippen LogP contribution in [0.1, 0.15) is 29.8 Å². The summed E-state index contributed by atoms with van der Waals surface area (Å²) < 4.78 is 4.39. The molecule has 0 spiro atoms. The first-order chi connectivity index (χ1) is 7.97. The molecule has 0 heterocycles. The van der Waals surface area contributed by atoms with Gasteiger partial charge < -0.3 is 4.74 Å². The number of nitro groups is 1. The van der Waals surface area contributed by atoms with Crippen molar-refractivity contribution in [2.24, 2.45) is 0 Å². The van der Waals surface area contributed by atoms with E-state index in [1.54, 1.807) is 13.0 Å². The van der Waals surface area contributed by atoms with E-state index in [0.717, 1.165) is 6.92 Å². The van der Waals surface area contributed by atoms with Gasteiger partial charge in [0, 0.05) is 13.0 Å². The molecular formula is C11H11NO5. The van der Waals surface area contributed by atoms with Crippen molar-refractivity contribution in [2.45, 2.75) is 20.3 Å². The minimum Gasteiger partial charge on any atom is -0.389 e. The number of ether oxygens (including phenoxy) is 1. The van der Waals surface area contributed by atoms with Crippen LogP contribution in [-0.4, -0.2) is 16.9 Å². The molecule has 0 saturated heterocycles. The lowest BCUT2D eigenvalue weighted by molar-refractivity contribution is -0.385. The predicted molar refractivity (Wildman–Crippen MR) is 58.6 cm³/mol. The first-order valence-electron chi connectivity index (χ1n) is 4.96. The highest BCUT2D eigenvalue weighted by Crippen LogP contribution is 2.23. The molecule has 0 aliphatic rings. The molecule has 0 bridgehead atoms. The van der Waals surface area contributed by atoms with Crippen molar-refractivity contribution in [3.8, 4) is 0 Å². The molecule has 0 N–H and O–H groups in total. The van der Waals surface area contributed by atoms with Gasteiger partial charge in [0.2, 0.25) is 0 Å². The van der Waals surface area contributed by atoms with Gasteiger partial charge in [-0.05, 0) is 12.0 Å². The summed E-state index contributed by atoms with van der Waals surface area (Å²) in [6.07, 6.45) is 0.435. The van der Waals surface area contributed by atoms with Crippen molar-refractivity contribution in [1.82, 2.24) is 0 Å². The molecule has 1 aromatic carbocycles. The number of nitro benzene ring substituents is 1. The monoisotopic (exact) mass is 237 g/mol. The van der Waals surface area contributed by atoms with Gasteiger partial charge in [0.15, 0.2) is 0 Å². The summed E-state index contributed by atoms with van der Waals surface area (Å²) in [6.45, 7) is 2.82. The van der Waals surface area contributed by atoms with E-state index in [0.29, 0.717) is 12.0 Å². The molecule has 0 aliphatic heterocycles. The van der Waals surface area contributed by atoms with Crippen LogP contribution < -0.4 is 0 Å². The van der Waals surface area contributed by atoms with Crippen LogP contribution in [0.4, 0.5) is 5.69 Å². The molecular weight excluding hydrogens is 226 g/mol. The molecule has 6 heteroatoms. The summed E-state index contributed by atoms with van der Waals surface area (Å²) in [5.74, 6) is -1.78. The van der Waals surface area contributed by atoms with E-state index in [2.05, 4.69) is 4.74 Å². The average Bonchev–Trinajstić information content (AvgIpc) is 2.26. The van der Waals surface area contributed by atoms with Crippen LogP contribution in [0.5, 0.6) is 0 Å². The normalized spacial score (nSPS) is 9.76. The highest BCUT2D eigenvalue weighted by Gasteiger charge is 2.25. The molecule has 17 heavy (non-hydrogen) atoms. The molecule has 0 amide bonds. The topological polar surface area (TPSA) is 86.5 Å². The number of rotatable bonds is 3. The van der Waals surface area contributed by atoms with Crippen LogP contribution in [0.3, 0.4) is 0 Å².